The Morgan fingerprint density at radius 3 is 1.22 bits per heavy atom. The van der Waals surface area contributed by atoms with Crippen LogP contribution < -0.4 is 60.4 Å². The average Bonchev–Trinajstić information content (AvgIpc) is 0.927. The third-order valence-electron chi connectivity index (χ3n) is 18.9. The van der Waals surface area contributed by atoms with Gasteiger partial charge in [0.15, 0.2) is 16.9 Å². The number of nitrogen functional groups attached to an aromatic ring is 1. The smallest absolute Gasteiger partial charge is 0.264 e. The normalized spacial score (nSPS) is 15.3. The molecule has 0 aliphatic carbocycles. The monoisotopic (exact) mass is 1520 g/mol. The van der Waals surface area contributed by atoms with E-state index in [0.717, 1.165) is 95.4 Å². The first-order valence-corrected chi connectivity index (χ1v) is 35.6. The van der Waals surface area contributed by atoms with Crippen LogP contribution in [0.1, 0.15) is 85.4 Å². The number of anilines is 3. The van der Waals surface area contributed by atoms with Gasteiger partial charge in [-0.25, -0.2) is 34.9 Å². The molecule has 0 radical (unpaired) electrons. The SMILES string of the molecule is Cc1nc(Cl)c2c(=O)[nH]cnc2n1.Cc1nc(N2CCC[C@H]2c2cc3cccc(Cl)c3c(=O)n2-c2ccccc2)c2c(=O)[nH]cnc2n1.N.Nc1nc(N2CCC[C@H]2c2cc3cccc(Cl)c3c(=O)n2-c2ccccc2)c2c(=O)[nH]cnc2n1.O.O=c1c2c(Cl)cccc2cc([C@@H]2CCCN2)n1-c1ccccc1. The minimum atomic E-state index is -0.346. The zero-order chi connectivity index (χ0) is 73.4. The molecular weight excluding hydrogens is 1460 g/mol. The zero-order valence-electron chi connectivity index (χ0n) is 57.9. The number of para-hydroxylation sites is 3. The van der Waals surface area contributed by atoms with Gasteiger partial charge in [-0.3, -0.25) is 42.5 Å². The molecule has 15 aromatic rings. The van der Waals surface area contributed by atoms with Crippen molar-refractivity contribution in [3.8, 4) is 17.1 Å². The summed E-state index contributed by atoms with van der Waals surface area (Å²) < 4.78 is 5.24. The van der Waals surface area contributed by atoms with Crippen LogP contribution in [0.25, 0.3) is 82.5 Å². The van der Waals surface area contributed by atoms with Crippen LogP contribution in [0.3, 0.4) is 0 Å². The molecule has 3 saturated heterocycles. The second kappa shape index (κ2) is 31.6. The minimum Gasteiger partial charge on any atom is -0.412 e. The van der Waals surface area contributed by atoms with Gasteiger partial charge in [0, 0.05) is 53.3 Å². The van der Waals surface area contributed by atoms with Crippen LogP contribution in [0, 0.1) is 13.8 Å². The highest BCUT2D eigenvalue weighted by molar-refractivity contribution is 6.36. The zero-order valence-corrected chi connectivity index (χ0v) is 60.9. The summed E-state index contributed by atoms with van der Waals surface area (Å²) in [5, 5.41) is 9.76. The van der Waals surface area contributed by atoms with Crippen LogP contribution in [-0.4, -0.2) is 98.6 Å². The molecule has 0 amide bonds. The fourth-order valence-electron chi connectivity index (χ4n) is 14.4. The van der Waals surface area contributed by atoms with E-state index in [-0.39, 0.29) is 90.6 Å². The molecule has 3 fully saturated rings. The number of benzene rings is 6. The van der Waals surface area contributed by atoms with E-state index in [1.807, 2.05) is 144 Å². The van der Waals surface area contributed by atoms with Crippen LogP contribution in [0.5, 0.6) is 0 Å². The fourth-order valence-corrected chi connectivity index (χ4v) is 15.5. The summed E-state index contributed by atoms with van der Waals surface area (Å²) in [6, 6.07) is 51.2. The molecule has 0 bridgehead atoms. The Morgan fingerprint density at radius 2 is 0.796 bits per heavy atom. The summed E-state index contributed by atoms with van der Waals surface area (Å²) in [6.45, 7) is 5.77. The Hall–Kier alpha value is -12.0. The second-order valence-electron chi connectivity index (χ2n) is 25.5. The molecule has 9 aromatic heterocycles. The first kappa shape index (κ1) is 74.3. The van der Waals surface area contributed by atoms with Gasteiger partial charge in [-0.15, -0.1) is 0 Å². The quantitative estimate of drug-likeness (QED) is 0.0770. The van der Waals surface area contributed by atoms with E-state index in [1.165, 1.54) is 19.0 Å². The number of H-pyrrole nitrogens is 3. The molecule has 0 saturated carbocycles. The lowest BCUT2D eigenvalue weighted by atomic mass is 10.0. The van der Waals surface area contributed by atoms with E-state index < -0.39 is 0 Å². The summed E-state index contributed by atoms with van der Waals surface area (Å²) in [6.07, 6.45) is 9.36. The van der Waals surface area contributed by atoms with Crippen molar-refractivity contribution in [3.05, 3.63) is 294 Å². The third kappa shape index (κ3) is 14.2. The van der Waals surface area contributed by atoms with Gasteiger partial charge in [0.25, 0.3) is 33.4 Å². The van der Waals surface area contributed by atoms with Crippen molar-refractivity contribution in [1.82, 2.24) is 85.0 Å². The van der Waals surface area contributed by atoms with Crippen LogP contribution in [0.2, 0.25) is 20.2 Å². The highest BCUT2D eigenvalue weighted by Crippen LogP contribution is 2.41. The van der Waals surface area contributed by atoms with Crippen molar-refractivity contribution in [2.75, 3.05) is 35.2 Å². The molecule has 12 heterocycles. The summed E-state index contributed by atoms with van der Waals surface area (Å²) >= 11 is 25.0. The summed E-state index contributed by atoms with van der Waals surface area (Å²) in [5.74, 6) is 1.99. The number of rotatable bonds is 8. The molecule has 0 unspecified atom stereocenters. The predicted molar refractivity (Wildman–Crippen MR) is 424 cm³/mol. The summed E-state index contributed by atoms with van der Waals surface area (Å²) in [7, 11) is 0. The van der Waals surface area contributed by atoms with Gasteiger partial charge >= 0.3 is 0 Å². The highest BCUT2D eigenvalue weighted by Gasteiger charge is 2.35. The molecule has 0 spiro atoms. The predicted octanol–water partition coefficient (Wildman–Crippen LogP) is 12.0. The number of aryl methyl sites for hydroxylation is 2. The van der Waals surface area contributed by atoms with E-state index in [4.69, 9.17) is 52.1 Å². The lowest BCUT2D eigenvalue weighted by molar-refractivity contribution is 0.607. The van der Waals surface area contributed by atoms with Crippen molar-refractivity contribution in [2.24, 2.45) is 0 Å². The van der Waals surface area contributed by atoms with E-state index in [9.17, 15) is 28.8 Å². The van der Waals surface area contributed by atoms with Crippen LogP contribution in [-0.2, 0) is 0 Å². The number of hydrogen-bond donors (Lipinski definition) is 6. The van der Waals surface area contributed by atoms with Gasteiger partial charge < -0.3 is 47.4 Å². The molecule has 546 valence electrons. The number of aromatic nitrogens is 15. The van der Waals surface area contributed by atoms with Crippen LogP contribution in [0.15, 0.2) is 212 Å². The van der Waals surface area contributed by atoms with E-state index in [1.54, 1.807) is 45.7 Å². The van der Waals surface area contributed by atoms with Gasteiger partial charge in [0.2, 0.25) is 5.95 Å². The van der Waals surface area contributed by atoms with E-state index in [0.29, 0.717) is 84.3 Å². The number of hydrogen-bond acceptors (Lipinski definition) is 20. The first-order chi connectivity index (χ1) is 51.5. The van der Waals surface area contributed by atoms with Gasteiger partial charge in [0.05, 0.1) is 62.3 Å². The van der Waals surface area contributed by atoms with Crippen LogP contribution >= 0.6 is 46.4 Å². The number of fused-ring (bicyclic) bond motifs is 6. The molecule has 6 aromatic carbocycles. The fraction of sp³-hybridized carbons (Fsp3) is 0.182. The topological polar surface area (TPSA) is 392 Å². The Kier molecular flexibility index (Phi) is 21.8. The maximum absolute atomic E-state index is 13.9. The Balaban J connectivity index is 0.000000133. The lowest BCUT2D eigenvalue weighted by Crippen LogP contribution is -2.31. The van der Waals surface area contributed by atoms with Crippen molar-refractivity contribution in [3.63, 3.8) is 0 Å². The number of halogens is 4. The largest absolute Gasteiger partial charge is 0.412 e. The number of nitrogens with one attached hydrogen (secondary N) is 4. The van der Waals surface area contributed by atoms with Crippen LogP contribution in [0.4, 0.5) is 17.6 Å². The maximum Gasteiger partial charge on any atom is 0.264 e. The number of pyridine rings is 3. The molecule has 3 aliphatic rings. The van der Waals surface area contributed by atoms with Crippen molar-refractivity contribution < 1.29 is 5.48 Å². The molecule has 27 nitrogen and oxygen atoms in total. The van der Waals surface area contributed by atoms with Crippen molar-refractivity contribution in [1.29, 1.82) is 0 Å². The Morgan fingerprint density at radius 1 is 0.417 bits per heavy atom. The first-order valence-electron chi connectivity index (χ1n) is 34.1. The number of aromatic amines is 3. The van der Waals surface area contributed by atoms with Gasteiger partial charge in [-0.05, 0) is 148 Å². The molecule has 18 rings (SSSR count). The molecule has 108 heavy (non-hydrogen) atoms. The highest BCUT2D eigenvalue weighted by atomic mass is 35.5. The summed E-state index contributed by atoms with van der Waals surface area (Å²) in [5.41, 5.74) is 10.5. The van der Waals surface area contributed by atoms with E-state index in [2.05, 4.69) is 76.1 Å². The summed E-state index contributed by atoms with van der Waals surface area (Å²) in [4.78, 5) is 127. The third-order valence-corrected chi connectivity index (χ3v) is 20.1. The molecular formula is C77H68Cl4N20O7. The maximum atomic E-state index is 13.9. The standard InChI is InChI=1S/C26H21ClN6O2.C25H20ClN7O2.C19H17ClN2O.C7H5ClN4O.H3N.H2O/c1-15-30-23-22(25(34)29-14-28-23)24(31-15)32-12-6-11-19(32)20-13-16-7-5-10-18(27)21(16)26(35)33(20)17-8-3-2-4-9-17;26-16-9-4-6-14-12-18(33(24(35)19(14)16)15-7-2-1-3-8-15)17-10-5-11-32(17)22-20-21(30-25(27)31-22)28-13-29-23(20)34;20-15-9-4-6-13-12-17(16-10-5-11-21-16)22(19(23)18(13)15)14-7-2-1-3-8-14;1-3-11-5(8)4-6(12-3)9-2-10-7(4)13;;/h2-5,7-10,13-14,19H,6,11-12H2,1H3,(H,28,29,30,31,34);1-4,6-9,12-13,17H,5,10-11H2,(H3,27,28,29,30,31,34);1-4,6-9,12,16,21H,5,10-11H2;2H,1H3,(H,9,10,11,12,13);1H3;1H2/t19-;17-;16-;;;/m000.../s1. The number of nitrogens with two attached hydrogens (primary N) is 1. The van der Waals surface area contributed by atoms with Crippen molar-refractivity contribution in [2.45, 2.75) is 70.5 Å². The minimum absolute atomic E-state index is 0. The molecule has 3 aliphatic heterocycles. The van der Waals surface area contributed by atoms with Gasteiger partial charge in [-0.1, -0.05) is 137 Å². The molecule has 3 atom stereocenters. The number of nitrogens with zero attached hydrogens (tertiary/aromatic N) is 14. The van der Waals surface area contributed by atoms with Gasteiger partial charge in [-0.2, -0.15) is 9.97 Å². The van der Waals surface area contributed by atoms with Crippen molar-refractivity contribution >= 4 is 129 Å². The Bertz CT molecular complexity index is 6070. The average molecular weight is 1530 g/mol. The Labute approximate surface area is 632 Å². The van der Waals surface area contributed by atoms with Gasteiger partial charge in [0.1, 0.15) is 44.6 Å². The second-order valence-corrected chi connectivity index (χ2v) is 27.0. The molecule has 31 heteroatoms. The van der Waals surface area contributed by atoms with E-state index >= 15 is 0 Å². The lowest BCUT2D eigenvalue weighted by Gasteiger charge is -2.29. The molecule has 11 N–H and O–H groups in total.